The van der Waals surface area contributed by atoms with Crippen LogP contribution >= 0.6 is 0 Å². The molecule has 0 saturated carbocycles. The molecule has 0 aliphatic rings. The number of benzene rings is 2. The van der Waals surface area contributed by atoms with Gasteiger partial charge in [0, 0.05) is 17.1 Å². The van der Waals surface area contributed by atoms with Crippen molar-refractivity contribution in [2.24, 2.45) is 5.41 Å². The number of hydrogen-bond donors (Lipinski definition) is 1. The van der Waals surface area contributed by atoms with Gasteiger partial charge in [-0.15, -0.1) is 13.2 Å². The highest BCUT2D eigenvalue weighted by molar-refractivity contribution is 5.96. The number of esters is 1. The number of fused-ring (bicyclic) bond motifs is 1. The molecule has 1 aromatic heterocycles. The Bertz CT molecular complexity index is 1160. The zero-order valence-electron chi connectivity index (χ0n) is 17.7. The Balaban J connectivity index is 2.09. The molecule has 0 amide bonds. The predicted molar refractivity (Wildman–Crippen MR) is 111 cm³/mol. The summed E-state index contributed by atoms with van der Waals surface area (Å²) in [5, 5.41) is 10.1. The Morgan fingerprint density at radius 2 is 1.78 bits per heavy atom. The van der Waals surface area contributed by atoms with E-state index in [-0.39, 0.29) is 23.8 Å². The van der Waals surface area contributed by atoms with Gasteiger partial charge in [-0.3, -0.25) is 4.79 Å². The SMILES string of the molecule is CCOC(=O)C(C)(C)Cc1cccc(-n2c(C(=O)O)cc3ccc(OC(F)(F)F)cc32)c1. The summed E-state index contributed by atoms with van der Waals surface area (Å²) in [7, 11) is 0. The van der Waals surface area contributed by atoms with Gasteiger partial charge in [-0.05, 0) is 63.1 Å². The quantitative estimate of drug-likeness (QED) is 0.492. The van der Waals surface area contributed by atoms with Gasteiger partial charge in [-0.25, -0.2) is 4.79 Å². The maximum Gasteiger partial charge on any atom is 0.573 e. The number of carboxylic acids is 1. The second-order valence-corrected chi connectivity index (χ2v) is 7.89. The maximum absolute atomic E-state index is 12.7. The van der Waals surface area contributed by atoms with E-state index in [0.29, 0.717) is 17.5 Å². The highest BCUT2D eigenvalue weighted by atomic mass is 19.4. The standard InChI is InChI=1S/C23H22F3NO5/c1-4-31-21(30)22(2,3)13-14-6-5-7-16(10-14)27-18-12-17(32-23(24,25)26)9-8-15(18)11-19(27)20(28)29/h5-12H,4,13H2,1-3H3,(H,28,29). The van der Waals surface area contributed by atoms with Crippen LogP contribution in [0.15, 0.2) is 48.5 Å². The van der Waals surface area contributed by atoms with E-state index >= 15 is 0 Å². The van der Waals surface area contributed by atoms with Gasteiger partial charge in [0.2, 0.25) is 0 Å². The molecule has 0 spiro atoms. The third-order valence-corrected chi connectivity index (χ3v) is 4.87. The summed E-state index contributed by atoms with van der Waals surface area (Å²) in [5.41, 5.74) is 0.466. The van der Waals surface area contributed by atoms with Crippen LogP contribution in [0.1, 0.15) is 36.8 Å². The van der Waals surface area contributed by atoms with Gasteiger partial charge in [-0.2, -0.15) is 0 Å². The summed E-state index contributed by atoms with van der Waals surface area (Å²) in [4.78, 5) is 24.1. The van der Waals surface area contributed by atoms with E-state index in [9.17, 15) is 27.9 Å². The minimum atomic E-state index is -4.88. The Kier molecular flexibility index (Phi) is 6.20. The average molecular weight is 449 g/mol. The molecule has 0 atom stereocenters. The van der Waals surface area contributed by atoms with Gasteiger partial charge < -0.3 is 19.1 Å². The second-order valence-electron chi connectivity index (χ2n) is 7.89. The number of alkyl halides is 3. The molecule has 0 fully saturated rings. The highest BCUT2D eigenvalue weighted by Gasteiger charge is 2.32. The molecule has 0 aliphatic heterocycles. The molecule has 0 unspecified atom stereocenters. The monoisotopic (exact) mass is 449 g/mol. The van der Waals surface area contributed by atoms with Crippen LogP contribution in [-0.4, -0.2) is 34.6 Å². The van der Waals surface area contributed by atoms with Crippen LogP contribution < -0.4 is 4.74 Å². The number of carbonyl (C=O) groups is 2. The molecule has 9 heteroatoms. The highest BCUT2D eigenvalue weighted by Crippen LogP contribution is 2.32. The van der Waals surface area contributed by atoms with Gasteiger partial charge in [0.15, 0.2) is 0 Å². The predicted octanol–water partition coefficient (Wildman–Crippen LogP) is 5.36. The van der Waals surface area contributed by atoms with Crippen molar-refractivity contribution in [1.82, 2.24) is 4.57 Å². The number of carboxylic acid groups (broad SMARTS) is 1. The lowest BCUT2D eigenvalue weighted by Crippen LogP contribution is -2.29. The summed E-state index contributed by atoms with van der Waals surface area (Å²) >= 11 is 0. The fourth-order valence-corrected chi connectivity index (χ4v) is 3.53. The fraction of sp³-hybridized carbons (Fsp3) is 0.304. The first-order valence-corrected chi connectivity index (χ1v) is 9.82. The van der Waals surface area contributed by atoms with Crippen LogP contribution in [0.25, 0.3) is 16.6 Å². The van der Waals surface area contributed by atoms with Crippen LogP contribution in [0.3, 0.4) is 0 Å². The van der Waals surface area contributed by atoms with Crippen molar-refractivity contribution in [3.05, 3.63) is 59.8 Å². The first kappa shape index (κ1) is 23.2. The molecule has 2 aromatic carbocycles. The normalized spacial score (nSPS) is 12.1. The number of rotatable bonds is 7. The largest absolute Gasteiger partial charge is 0.573 e. The van der Waals surface area contributed by atoms with E-state index < -0.39 is 23.5 Å². The Morgan fingerprint density at radius 1 is 1.06 bits per heavy atom. The smallest absolute Gasteiger partial charge is 0.477 e. The molecule has 3 aromatic rings. The number of aromatic carboxylic acids is 1. The van der Waals surface area contributed by atoms with E-state index in [4.69, 9.17) is 4.74 Å². The van der Waals surface area contributed by atoms with Crippen molar-refractivity contribution in [2.45, 2.75) is 33.6 Å². The van der Waals surface area contributed by atoms with E-state index in [1.807, 2.05) is 0 Å². The number of ether oxygens (including phenoxy) is 2. The molecule has 0 radical (unpaired) electrons. The average Bonchev–Trinajstić information content (AvgIpc) is 3.06. The van der Waals surface area contributed by atoms with E-state index in [1.165, 1.54) is 16.7 Å². The number of nitrogens with zero attached hydrogens (tertiary/aromatic N) is 1. The molecule has 6 nitrogen and oxygen atoms in total. The molecule has 0 aliphatic carbocycles. The van der Waals surface area contributed by atoms with Crippen molar-refractivity contribution < 1.29 is 37.3 Å². The molecule has 0 saturated heterocycles. The van der Waals surface area contributed by atoms with Gasteiger partial charge in [-0.1, -0.05) is 12.1 Å². The summed E-state index contributed by atoms with van der Waals surface area (Å²) in [5.74, 6) is -2.06. The summed E-state index contributed by atoms with van der Waals surface area (Å²) in [6.45, 7) is 5.45. The summed E-state index contributed by atoms with van der Waals surface area (Å²) in [6.07, 6.45) is -4.55. The van der Waals surface area contributed by atoms with E-state index in [0.717, 1.165) is 17.7 Å². The Labute approximate surface area is 182 Å². The number of hydrogen-bond acceptors (Lipinski definition) is 4. The minimum absolute atomic E-state index is 0.119. The van der Waals surface area contributed by atoms with Crippen molar-refractivity contribution in [1.29, 1.82) is 0 Å². The molecular weight excluding hydrogens is 427 g/mol. The number of halogens is 3. The molecule has 32 heavy (non-hydrogen) atoms. The van der Waals surface area contributed by atoms with Gasteiger partial charge >= 0.3 is 18.3 Å². The number of carbonyl (C=O) groups excluding carboxylic acids is 1. The van der Waals surface area contributed by atoms with Crippen molar-refractivity contribution >= 4 is 22.8 Å². The van der Waals surface area contributed by atoms with Gasteiger partial charge in [0.1, 0.15) is 11.4 Å². The lowest BCUT2D eigenvalue weighted by Gasteiger charge is -2.22. The summed E-state index contributed by atoms with van der Waals surface area (Å²) < 4.78 is 48.5. The first-order valence-electron chi connectivity index (χ1n) is 9.82. The van der Waals surface area contributed by atoms with Crippen LogP contribution in [0, 0.1) is 5.41 Å². The summed E-state index contributed by atoms with van der Waals surface area (Å²) in [6, 6.07) is 11.8. The van der Waals surface area contributed by atoms with Gasteiger partial charge in [0.05, 0.1) is 17.5 Å². The van der Waals surface area contributed by atoms with Crippen LogP contribution in [0.5, 0.6) is 5.75 Å². The van der Waals surface area contributed by atoms with Crippen LogP contribution in [0.4, 0.5) is 13.2 Å². The van der Waals surface area contributed by atoms with Crippen molar-refractivity contribution in [3.8, 4) is 11.4 Å². The fourth-order valence-electron chi connectivity index (χ4n) is 3.53. The maximum atomic E-state index is 12.7. The topological polar surface area (TPSA) is 77.8 Å². The molecule has 170 valence electrons. The molecule has 1 heterocycles. The second kappa shape index (κ2) is 8.57. The molecule has 3 rings (SSSR count). The zero-order valence-corrected chi connectivity index (χ0v) is 17.7. The Morgan fingerprint density at radius 3 is 2.41 bits per heavy atom. The third-order valence-electron chi connectivity index (χ3n) is 4.87. The first-order chi connectivity index (χ1) is 14.9. The van der Waals surface area contributed by atoms with Crippen LogP contribution in [0.2, 0.25) is 0 Å². The van der Waals surface area contributed by atoms with E-state index in [2.05, 4.69) is 4.74 Å². The zero-order chi connectivity index (χ0) is 23.7. The van der Waals surface area contributed by atoms with Crippen molar-refractivity contribution in [3.63, 3.8) is 0 Å². The van der Waals surface area contributed by atoms with E-state index in [1.54, 1.807) is 45.0 Å². The number of aromatic nitrogens is 1. The lowest BCUT2D eigenvalue weighted by atomic mass is 9.85. The van der Waals surface area contributed by atoms with Crippen LogP contribution in [-0.2, 0) is 16.0 Å². The van der Waals surface area contributed by atoms with Gasteiger partial charge in [0.25, 0.3) is 0 Å². The van der Waals surface area contributed by atoms with Crippen molar-refractivity contribution in [2.75, 3.05) is 6.61 Å². The molecule has 1 N–H and O–H groups in total. The third kappa shape index (κ3) is 5.04. The minimum Gasteiger partial charge on any atom is -0.477 e. The molecular formula is C23H22F3NO5. The molecule has 0 bridgehead atoms. The Hall–Kier alpha value is -3.49. The lowest BCUT2D eigenvalue weighted by molar-refractivity contribution is -0.274.